The summed E-state index contributed by atoms with van der Waals surface area (Å²) < 4.78 is 5.32. The van der Waals surface area contributed by atoms with Gasteiger partial charge in [-0.25, -0.2) is 0 Å². The zero-order chi connectivity index (χ0) is 9.97. The smallest absolute Gasteiger partial charge is 0.243 e. The van der Waals surface area contributed by atoms with E-state index in [1.807, 2.05) is 6.07 Å². The predicted molar refractivity (Wildman–Crippen MR) is 52.7 cm³/mol. The van der Waals surface area contributed by atoms with Crippen LogP contribution in [0, 0.1) is 0 Å². The van der Waals surface area contributed by atoms with E-state index in [9.17, 15) is 4.79 Å². The largest absolute Gasteiger partial charge is 0.469 e. The molecule has 1 aromatic rings. The third-order valence-corrected chi connectivity index (χ3v) is 2.55. The molecule has 1 aromatic heterocycles. The van der Waals surface area contributed by atoms with Gasteiger partial charge in [-0.15, -0.1) is 0 Å². The molecular formula is C11H13NO2. The molecule has 3 nitrogen and oxygen atoms in total. The maximum absolute atomic E-state index is 11.2. The first-order valence-corrected chi connectivity index (χ1v) is 4.80. The molecule has 0 saturated heterocycles. The maximum Gasteiger partial charge on any atom is 0.243 e. The molecule has 1 atom stereocenters. The number of amides is 1. The summed E-state index contributed by atoms with van der Waals surface area (Å²) >= 11 is 0. The zero-order valence-electron chi connectivity index (χ0n) is 7.95. The van der Waals surface area contributed by atoms with Gasteiger partial charge in [0.1, 0.15) is 5.76 Å². The van der Waals surface area contributed by atoms with Gasteiger partial charge in [-0.3, -0.25) is 4.79 Å². The lowest BCUT2D eigenvalue weighted by Crippen LogP contribution is -2.28. The molecule has 2 rings (SSSR count). The fourth-order valence-corrected chi connectivity index (χ4v) is 1.87. The third-order valence-electron chi connectivity index (χ3n) is 2.55. The van der Waals surface area contributed by atoms with Crippen molar-refractivity contribution in [3.63, 3.8) is 0 Å². The number of hydrogen-bond donors (Lipinski definition) is 1. The molecule has 1 N–H and O–H groups in total. The fourth-order valence-electron chi connectivity index (χ4n) is 1.87. The molecule has 1 unspecified atom stereocenters. The lowest BCUT2D eigenvalue weighted by Gasteiger charge is -2.21. The molecule has 1 aliphatic rings. The first-order valence-electron chi connectivity index (χ1n) is 4.80. The number of nitrogens with one attached hydrogen (secondary N) is 1. The average molecular weight is 191 g/mol. The Bertz CT molecular complexity index is 354. The number of carbonyl (C=O) groups is 1. The molecule has 0 radical (unpaired) electrons. The van der Waals surface area contributed by atoms with Crippen LogP contribution in [0.1, 0.15) is 30.2 Å². The Balaban J connectivity index is 2.16. The van der Waals surface area contributed by atoms with Crippen LogP contribution in [0.2, 0.25) is 0 Å². The maximum atomic E-state index is 11.2. The minimum atomic E-state index is -0.121. The van der Waals surface area contributed by atoms with Crippen molar-refractivity contribution < 1.29 is 9.21 Å². The fraction of sp³-hybridized carbons (Fsp3) is 0.364. The molecule has 0 aromatic carbocycles. The summed E-state index contributed by atoms with van der Waals surface area (Å²) in [5, 5.41) is 2.89. The van der Waals surface area contributed by atoms with Gasteiger partial charge in [-0.1, -0.05) is 6.58 Å². The van der Waals surface area contributed by atoms with Gasteiger partial charge in [-0.05, 0) is 25.0 Å². The van der Waals surface area contributed by atoms with Crippen molar-refractivity contribution in [2.24, 2.45) is 0 Å². The van der Waals surface area contributed by atoms with Gasteiger partial charge in [0.25, 0.3) is 0 Å². The molecule has 0 aliphatic heterocycles. The summed E-state index contributed by atoms with van der Waals surface area (Å²) in [5.41, 5.74) is 1.12. The second-order valence-corrected chi connectivity index (χ2v) is 3.46. The Morgan fingerprint density at radius 3 is 3.36 bits per heavy atom. The number of aryl methyl sites for hydroxylation is 1. The minimum Gasteiger partial charge on any atom is -0.469 e. The van der Waals surface area contributed by atoms with E-state index in [0.29, 0.717) is 0 Å². The quantitative estimate of drug-likeness (QED) is 0.726. The molecule has 0 fully saturated rings. The van der Waals surface area contributed by atoms with Gasteiger partial charge in [0.05, 0.1) is 12.3 Å². The van der Waals surface area contributed by atoms with Crippen molar-refractivity contribution >= 4 is 5.91 Å². The summed E-state index contributed by atoms with van der Waals surface area (Å²) in [6.45, 7) is 3.43. The summed E-state index contributed by atoms with van der Waals surface area (Å²) in [6.07, 6.45) is 5.99. The van der Waals surface area contributed by atoms with Crippen molar-refractivity contribution in [2.45, 2.75) is 25.3 Å². The number of rotatable bonds is 2. The van der Waals surface area contributed by atoms with Crippen LogP contribution in [0.3, 0.4) is 0 Å². The number of furan rings is 1. The Morgan fingerprint density at radius 1 is 1.71 bits per heavy atom. The second-order valence-electron chi connectivity index (χ2n) is 3.46. The van der Waals surface area contributed by atoms with Crippen LogP contribution in [0.5, 0.6) is 0 Å². The summed E-state index contributed by atoms with van der Waals surface area (Å²) in [7, 11) is 0. The van der Waals surface area contributed by atoms with Crippen LogP contribution < -0.4 is 5.32 Å². The number of fused-ring (bicyclic) bond motifs is 1. The van der Waals surface area contributed by atoms with Crippen molar-refractivity contribution in [1.29, 1.82) is 0 Å². The van der Waals surface area contributed by atoms with Crippen molar-refractivity contribution in [3.8, 4) is 0 Å². The lowest BCUT2D eigenvalue weighted by atomic mass is 9.93. The summed E-state index contributed by atoms with van der Waals surface area (Å²) in [4.78, 5) is 11.2. The van der Waals surface area contributed by atoms with Crippen LogP contribution in [0.4, 0.5) is 0 Å². The van der Waals surface area contributed by atoms with Gasteiger partial charge in [-0.2, -0.15) is 0 Å². The molecule has 0 bridgehead atoms. The van der Waals surface area contributed by atoms with Crippen LogP contribution in [0.15, 0.2) is 29.4 Å². The Hall–Kier alpha value is -1.51. The number of hydrogen-bond acceptors (Lipinski definition) is 2. The van der Waals surface area contributed by atoms with E-state index in [1.54, 1.807) is 6.26 Å². The van der Waals surface area contributed by atoms with Crippen LogP contribution >= 0.6 is 0 Å². The van der Waals surface area contributed by atoms with Gasteiger partial charge in [0.15, 0.2) is 0 Å². The second kappa shape index (κ2) is 3.70. The SMILES string of the molecule is C=CC(=O)NC1CCCc2occc21. The molecule has 0 saturated carbocycles. The third kappa shape index (κ3) is 1.58. The van der Waals surface area contributed by atoms with Crippen molar-refractivity contribution in [3.05, 3.63) is 36.3 Å². The molecule has 14 heavy (non-hydrogen) atoms. The highest BCUT2D eigenvalue weighted by Crippen LogP contribution is 2.30. The standard InChI is InChI=1S/C11H13NO2/c1-2-11(13)12-9-4-3-5-10-8(9)6-7-14-10/h2,6-7,9H,1,3-5H2,(H,12,13). The van der Waals surface area contributed by atoms with E-state index < -0.39 is 0 Å². The Kier molecular flexibility index (Phi) is 2.39. The van der Waals surface area contributed by atoms with Crippen LogP contribution in [-0.2, 0) is 11.2 Å². The zero-order valence-corrected chi connectivity index (χ0v) is 7.95. The highest BCUT2D eigenvalue weighted by Gasteiger charge is 2.22. The monoisotopic (exact) mass is 191 g/mol. The van der Waals surface area contributed by atoms with Gasteiger partial charge in [0.2, 0.25) is 5.91 Å². The molecule has 0 spiro atoms. The van der Waals surface area contributed by atoms with Gasteiger partial charge < -0.3 is 9.73 Å². The molecule has 3 heteroatoms. The highest BCUT2D eigenvalue weighted by molar-refractivity contribution is 5.87. The molecular weight excluding hydrogens is 178 g/mol. The van der Waals surface area contributed by atoms with E-state index >= 15 is 0 Å². The molecule has 74 valence electrons. The average Bonchev–Trinajstić information content (AvgIpc) is 2.66. The van der Waals surface area contributed by atoms with E-state index in [4.69, 9.17) is 4.42 Å². The minimum absolute atomic E-state index is 0.1000. The first kappa shape index (κ1) is 9.06. The van der Waals surface area contributed by atoms with E-state index in [0.717, 1.165) is 30.6 Å². The van der Waals surface area contributed by atoms with Crippen LogP contribution in [0.25, 0.3) is 0 Å². The van der Waals surface area contributed by atoms with E-state index in [-0.39, 0.29) is 11.9 Å². The van der Waals surface area contributed by atoms with Crippen molar-refractivity contribution in [1.82, 2.24) is 5.32 Å². The predicted octanol–water partition coefficient (Wildman–Crippen LogP) is 1.96. The summed E-state index contributed by atoms with van der Waals surface area (Å²) in [5.74, 6) is 0.884. The van der Waals surface area contributed by atoms with Crippen molar-refractivity contribution in [2.75, 3.05) is 0 Å². The first-order chi connectivity index (χ1) is 6.81. The summed E-state index contributed by atoms with van der Waals surface area (Å²) in [6, 6.07) is 2.03. The topological polar surface area (TPSA) is 42.2 Å². The van der Waals surface area contributed by atoms with E-state index in [2.05, 4.69) is 11.9 Å². The molecule has 1 amide bonds. The highest BCUT2D eigenvalue weighted by atomic mass is 16.3. The lowest BCUT2D eigenvalue weighted by molar-refractivity contribution is -0.117. The Morgan fingerprint density at radius 2 is 2.57 bits per heavy atom. The Labute approximate surface area is 82.8 Å². The van der Waals surface area contributed by atoms with Gasteiger partial charge in [0, 0.05) is 12.0 Å². The van der Waals surface area contributed by atoms with Crippen LogP contribution in [-0.4, -0.2) is 5.91 Å². The van der Waals surface area contributed by atoms with Gasteiger partial charge >= 0.3 is 0 Å². The molecule has 1 aliphatic carbocycles. The number of carbonyl (C=O) groups excluding carboxylic acids is 1. The molecule has 1 heterocycles. The normalized spacial score (nSPS) is 19.9. The van der Waals surface area contributed by atoms with E-state index in [1.165, 1.54) is 6.08 Å².